The van der Waals surface area contributed by atoms with Crippen LogP contribution in [0.25, 0.3) is 0 Å². The summed E-state index contributed by atoms with van der Waals surface area (Å²) >= 11 is 6.25. The first kappa shape index (κ1) is 15.4. The number of nitro groups is 1. The van der Waals surface area contributed by atoms with E-state index in [1.54, 1.807) is 0 Å². The van der Waals surface area contributed by atoms with Crippen LogP contribution in [0, 0.1) is 10.1 Å². The van der Waals surface area contributed by atoms with Gasteiger partial charge >= 0.3 is 0 Å². The lowest BCUT2D eigenvalue weighted by molar-refractivity contribution is -0.385. The minimum absolute atomic E-state index is 0.0991. The third-order valence-corrected chi connectivity index (χ3v) is 5.09. The van der Waals surface area contributed by atoms with Gasteiger partial charge in [0, 0.05) is 12.6 Å². The van der Waals surface area contributed by atoms with Crippen LogP contribution in [0.1, 0.15) is 17.5 Å². The maximum absolute atomic E-state index is 10.9. The van der Waals surface area contributed by atoms with Gasteiger partial charge in [0.25, 0.3) is 5.69 Å². The van der Waals surface area contributed by atoms with Gasteiger partial charge in [-0.1, -0.05) is 35.9 Å². The summed E-state index contributed by atoms with van der Waals surface area (Å²) in [5.74, 6) is 0.578. The quantitative estimate of drug-likeness (QED) is 0.617. The Hall–Kier alpha value is -2.18. The van der Waals surface area contributed by atoms with E-state index in [1.165, 1.54) is 23.4 Å². The van der Waals surface area contributed by atoms with Crippen molar-refractivity contribution in [2.75, 3.05) is 24.6 Å². The van der Waals surface area contributed by atoms with Gasteiger partial charge in [-0.3, -0.25) is 10.1 Å². The van der Waals surface area contributed by atoms with Crippen LogP contribution in [-0.4, -0.2) is 29.6 Å². The Morgan fingerprint density at radius 3 is 3.00 bits per heavy atom. The number of benzene rings is 1. The molecule has 2 heterocycles. The Morgan fingerprint density at radius 2 is 2.21 bits per heavy atom. The largest absolute Gasteiger partial charge is 0.367 e. The van der Waals surface area contributed by atoms with Crippen LogP contribution in [0.2, 0.25) is 5.02 Å². The summed E-state index contributed by atoms with van der Waals surface area (Å²) in [6.07, 6.45) is 3.17. The highest BCUT2D eigenvalue weighted by atomic mass is 35.5. The Balaban J connectivity index is 1.66. The van der Waals surface area contributed by atoms with Crippen molar-refractivity contribution in [2.24, 2.45) is 0 Å². The first-order valence-corrected chi connectivity index (χ1v) is 8.24. The Kier molecular flexibility index (Phi) is 3.66. The molecule has 1 unspecified atom stereocenters. The van der Waals surface area contributed by atoms with E-state index in [9.17, 15) is 10.1 Å². The number of aryl methyl sites for hydroxylation is 1. The molecule has 1 aromatic carbocycles. The summed E-state index contributed by atoms with van der Waals surface area (Å²) in [5, 5.41) is 11.2. The highest BCUT2D eigenvalue weighted by molar-refractivity contribution is 6.33. The Bertz CT molecular complexity index is 809. The highest BCUT2D eigenvalue weighted by Gasteiger charge is 2.43. The summed E-state index contributed by atoms with van der Waals surface area (Å²) in [5.41, 5.74) is 2.11. The predicted molar refractivity (Wildman–Crippen MR) is 90.5 cm³/mol. The van der Waals surface area contributed by atoms with Gasteiger partial charge < -0.3 is 9.64 Å². The molecule has 0 N–H and O–H groups in total. The number of anilines is 1. The molecule has 1 aliphatic heterocycles. The van der Waals surface area contributed by atoms with Crippen molar-refractivity contribution in [2.45, 2.75) is 18.4 Å². The van der Waals surface area contributed by atoms with Crippen molar-refractivity contribution in [1.82, 2.24) is 4.98 Å². The molecule has 6 nitrogen and oxygen atoms in total. The maximum Gasteiger partial charge on any atom is 0.289 e. The molecule has 1 aliphatic carbocycles. The minimum Gasteiger partial charge on any atom is -0.367 e. The van der Waals surface area contributed by atoms with Gasteiger partial charge in [-0.2, -0.15) is 0 Å². The van der Waals surface area contributed by atoms with Crippen LogP contribution in [0.5, 0.6) is 0 Å². The number of rotatable bonds is 2. The number of nitrogens with zero attached hydrogens (tertiary/aromatic N) is 3. The second kappa shape index (κ2) is 5.72. The van der Waals surface area contributed by atoms with Crippen molar-refractivity contribution in [3.05, 3.63) is 62.8 Å². The van der Waals surface area contributed by atoms with Crippen molar-refractivity contribution < 1.29 is 9.66 Å². The van der Waals surface area contributed by atoms with Crippen molar-refractivity contribution in [3.63, 3.8) is 0 Å². The molecule has 24 heavy (non-hydrogen) atoms. The zero-order valence-electron chi connectivity index (χ0n) is 12.9. The van der Waals surface area contributed by atoms with E-state index in [-0.39, 0.29) is 11.3 Å². The summed E-state index contributed by atoms with van der Waals surface area (Å²) in [6.45, 7) is 1.88. The molecule has 4 rings (SSSR count). The van der Waals surface area contributed by atoms with E-state index < -0.39 is 4.92 Å². The van der Waals surface area contributed by atoms with Gasteiger partial charge in [-0.25, -0.2) is 4.98 Å². The molecule has 1 spiro atoms. The van der Waals surface area contributed by atoms with Crippen molar-refractivity contribution >= 4 is 23.1 Å². The number of hydrogen-bond acceptors (Lipinski definition) is 5. The monoisotopic (exact) mass is 345 g/mol. The van der Waals surface area contributed by atoms with Gasteiger partial charge in [-0.15, -0.1) is 0 Å². The van der Waals surface area contributed by atoms with Crippen molar-refractivity contribution in [1.29, 1.82) is 0 Å². The zero-order chi connectivity index (χ0) is 16.7. The normalized spacial score (nSPS) is 22.6. The molecular formula is C17H16ClN3O3. The lowest BCUT2D eigenvalue weighted by Crippen LogP contribution is -2.49. The van der Waals surface area contributed by atoms with Gasteiger partial charge in [0.05, 0.1) is 23.1 Å². The molecule has 0 radical (unpaired) electrons. The molecule has 0 amide bonds. The summed E-state index contributed by atoms with van der Waals surface area (Å²) in [4.78, 5) is 16.7. The fourth-order valence-electron chi connectivity index (χ4n) is 3.69. The zero-order valence-corrected chi connectivity index (χ0v) is 13.7. The number of morpholine rings is 1. The fourth-order valence-corrected chi connectivity index (χ4v) is 3.97. The number of pyridine rings is 1. The number of halogens is 1. The van der Waals surface area contributed by atoms with E-state index in [0.29, 0.717) is 30.5 Å². The van der Waals surface area contributed by atoms with Crippen LogP contribution in [0.4, 0.5) is 11.5 Å². The van der Waals surface area contributed by atoms with Crippen LogP contribution >= 0.6 is 11.6 Å². The molecule has 2 aromatic rings. The van der Waals surface area contributed by atoms with E-state index in [4.69, 9.17) is 16.3 Å². The lowest BCUT2D eigenvalue weighted by atomic mass is 9.93. The van der Waals surface area contributed by atoms with Crippen LogP contribution in [0.15, 0.2) is 36.5 Å². The average molecular weight is 346 g/mol. The van der Waals surface area contributed by atoms with Crippen LogP contribution < -0.4 is 4.90 Å². The summed E-state index contributed by atoms with van der Waals surface area (Å²) in [6, 6.07) is 9.70. The number of fused-ring (bicyclic) bond motifs is 2. The Labute approximate surface area is 144 Å². The van der Waals surface area contributed by atoms with E-state index in [0.717, 1.165) is 12.8 Å². The molecule has 0 bridgehead atoms. The van der Waals surface area contributed by atoms with E-state index in [1.807, 2.05) is 12.1 Å². The molecule has 1 saturated heterocycles. The highest BCUT2D eigenvalue weighted by Crippen LogP contribution is 2.43. The number of hydrogen-bond donors (Lipinski definition) is 0. The molecule has 1 atom stereocenters. The molecule has 7 heteroatoms. The SMILES string of the molecule is O=[N+]([O-])c1cnc(N2CCOC3(CCc4ccccc43)C2)c(Cl)c1. The molecule has 0 saturated carbocycles. The van der Waals surface area contributed by atoms with Gasteiger partial charge in [0.1, 0.15) is 17.6 Å². The number of aromatic nitrogens is 1. The molecule has 2 aliphatic rings. The van der Waals surface area contributed by atoms with E-state index >= 15 is 0 Å². The topological polar surface area (TPSA) is 68.5 Å². The van der Waals surface area contributed by atoms with Gasteiger partial charge in [-0.05, 0) is 24.0 Å². The smallest absolute Gasteiger partial charge is 0.289 e. The standard InChI is InChI=1S/C17H16ClN3O3/c18-15-9-13(21(22)23)10-19-16(15)20-7-8-24-17(11-20)6-5-12-3-1-2-4-14(12)17/h1-4,9-10H,5-8,11H2. The first-order chi connectivity index (χ1) is 11.6. The van der Waals surface area contributed by atoms with Crippen LogP contribution in [-0.2, 0) is 16.8 Å². The maximum atomic E-state index is 10.9. The molecular weight excluding hydrogens is 330 g/mol. The fraction of sp³-hybridized carbons (Fsp3) is 0.353. The summed E-state index contributed by atoms with van der Waals surface area (Å²) in [7, 11) is 0. The summed E-state index contributed by atoms with van der Waals surface area (Å²) < 4.78 is 6.19. The Morgan fingerprint density at radius 1 is 1.38 bits per heavy atom. The van der Waals surface area contributed by atoms with Gasteiger partial charge in [0.15, 0.2) is 0 Å². The predicted octanol–water partition coefficient (Wildman–Crippen LogP) is 3.32. The van der Waals surface area contributed by atoms with Crippen molar-refractivity contribution in [3.8, 4) is 0 Å². The third-order valence-electron chi connectivity index (χ3n) is 4.81. The second-order valence-corrected chi connectivity index (χ2v) is 6.58. The minimum atomic E-state index is -0.489. The average Bonchev–Trinajstić information content (AvgIpc) is 2.93. The molecule has 124 valence electrons. The van der Waals surface area contributed by atoms with Crippen LogP contribution in [0.3, 0.4) is 0 Å². The third kappa shape index (κ3) is 2.42. The first-order valence-electron chi connectivity index (χ1n) is 7.86. The lowest BCUT2D eigenvalue weighted by Gasteiger charge is -2.41. The molecule has 1 aromatic heterocycles. The van der Waals surface area contributed by atoms with Gasteiger partial charge in [0.2, 0.25) is 0 Å². The molecule has 1 fully saturated rings. The van der Waals surface area contributed by atoms with E-state index in [2.05, 4.69) is 22.0 Å². The second-order valence-electron chi connectivity index (χ2n) is 6.18. The number of ether oxygens (including phenoxy) is 1.